The number of carbonyl (C=O) groups is 1. The van der Waals surface area contributed by atoms with E-state index in [0.29, 0.717) is 18.0 Å². The second-order valence-corrected chi connectivity index (χ2v) is 5.57. The molecule has 0 radical (unpaired) electrons. The summed E-state index contributed by atoms with van der Waals surface area (Å²) in [6, 6.07) is 10.3. The summed E-state index contributed by atoms with van der Waals surface area (Å²) in [6.07, 6.45) is 0. The highest BCUT2D eigenvalue weighted by atomic mass is 16.4. The average Bonchev–Trinajstić information content (AvgIpc) is 2.67. The molecule has 0 aliphatic heterocycles. The molecular weight excluding hydrogens is 250 g/mol. The van der Waals surface area contributed by atoms with Gasteiger partial charge in [-0.2, -0.15) is 0 Å². The maximum atomic E-state index is 11.1. The van der Waals surface area contributed by atoms with Gasteiger partial charge in [0.1, 0.15) is 0 Å². The second kappa shape index (κ2) is 5.53. The third-order valence-corrected chi connectivity index (χ3v) is 3.79. The third-order valence-electron chi connectivity index (χ3n) is 3.79. The highest BCUT2D eigenvalue weighted by Crippen LogP contribution is 2.19. The van der Waals surface area contributed by atoms with Gasteiger partial charge in [-0.15, -0.1) is 0 Å². The fourth-order valence-electron chi connectivity index (χ4n) is 2.45. The number of aryl methyl sites for hydroxylation is 1. The Bertz CT molecular complexity index is 621. The molecule has 20 heavy (non-hydrogen) atoms. The average molecular weight is 271 g/mol. The number of hydrogen-bond acceptors (Lipinski definition) is 1. The zero-order valence-electron chi connectivity index (χ0n) is 12.5. The Morgan fingerprint density at radius 1 is 1.20 bits per heavy atom. The summed E-state index contributed by atoms with van der Waals surface area (Å²) < 4.78 is 2.05. The SMILES string of the molecule is Cc1cc(C(=O)O)c(C)n1Cc1ccc(C(C)C)cc1. The standard InChI is InChI=1S/C17H21NO2/c1-11(2)15-7-5-14(6-8-15)10-18-12(3)9-16(13(18)4)17(19)20/h5-9,11H,10H2,1-4H3,(H,19,20). The van der Waals surface area contributed by atoms with Crippen molar-refractivity contribution in [1.82, 2.24) is 4.57 Å². The molecule has 0 atom stereocenters. The molecule has 106 valence electrons. The molecule has 2 aromatic rings. The first kappa shape index (κ1) is 14.4. The molecule has 3 heteroatoms. The zero-order valence-corrected chi connectivity index (χ0v) is 12.5. The predicted molar refractivity (Wildman–Crippen MR) is 80.5 cm³/mol. The van der Waals surface area contributed by atoms with Crippen LogP contribution < -0.4 is 0 Å². The largest absolute Gasteiger partial charge is 0.478 e. The van der Waals surface area contributed by atoms with Crippen LogP contribution in [0.5, 0.6) is 0 Å². The van der Waals surface area contributed by atoms with Crippen molar-refractivity contribution in [3.8, 4) is 0 Å². The number of nitrogens with zero attached hydrogens (tertiary/aromatic N) is 1. The van der Waals surface area contributed by atoms with Crippen LogP contribution in [0.4, 0.5) is 0 Å². The number of carboxylic acids is 1. The van der Waals surface area contributed by atoms with Crippen molar-refractivity contribution in [2.45, 2.75) is 40.2 Å². The van der Waals surface area contributed by atoms with E-state index >= 15 is 0 Å². The van der Waals surface area contributed by atoms with Gasteiger partial charge in [0, 0.05) is 17.9 Å². The summed E-state index contributed by atoms with van der Waals surface area (Å²) >= 11 is 0. The first-order chi connectivity index (χ1) is 9.40. The van der Waals surface area contributed by atoms with Crippen LogP contribution in [0.1, 0.15) is 52.6 Å². The lowest BCUT2D eigenvalue weighted by Crippen LogP contribution is -2.06. The minimum absolute atomic E-state index is 0.390. The Labute approximate surface area is 119 Å². The zero-order chi connectivity index (χ0) is 14.9. The van der Waals surface area contributed by atoms with Gasteiger partial charge in [0.05, 0.1) is 5.56 Å². The van der Waals surface area contributed by atoms with Crippen LogP contribution >= 0.6 is 0 Å². The normalized spacial score (nSPS) is 11.1. The lowest BCUT2D eigenvalue weighted by molar-refractivity contribution is 0.0696. The van der Waals surface area contributed by atoms with Crippen LogP contribution in [-0.2, 0) is 6.54 Å². The molecule has 3 nitrogen and oxygen atoms in total. The highest BCUT2D eigenvalue weighted by Gasteiger charge is 2.14. The van der Waals surface area contributed by atoms with E-state index in [1.54, 1.807) is 6.07 Å². The van der Waals surface area contributed by atoms with Gasteiger partial charge in [0.25, 0.3) is 0 Å². The number of aromatic nitrogens is 1. The van der Waals surface area contributed by atoms with Gasteiger partial charge in [0.15, 0.2) is 0 Å². The van der Waals surface area contributed by atoms with Crippen molar-refractivity contribution in [3.63, 3.8) is 0 Å². The number of benzene rings is 1. The number of carboxylic acid groups (broad SMARTS) is 1. The fourth-order valence-corrected chi connectivity index (χ4v) is 2.45. The van der Waals surface area contributed by atoms with E-state index in [9.17, 15) is 4.79 Å². The molecule has 0 spiro atoms. The lowest BCUT2D eigenvalue weighted by Gasteiger charge is -2.11. The Balaban J connectivity index is 2.28. The molecule has 0 bridgehead atoms. The molecule has 2 rings (SSSR count). The van der Waals surface area contributed by atoms with Gasteiger partial charge in [-0.3, -0.25) is 0 Å². The van der Waals surface area contributed by atoms with Crippen molar-refractivity contribution < 1.29 is 9.90 Å². The summed E-state index contributed by atoms with van der Waals surface area (Å²) in [6.45, 7) is 8.87. The van der Waals surface area contributed by atoms with Crippen LogP contribution in [0.2, 0.25) is 0 Å². The molecule has 0 saturated carbocycles. The van der Waals surface area contributed by atoms with E-state index in [4.69, 9.17) is 5.11 Å². The van der Waals surface area contributed by atoms with Gasteiger partial charge in [-0.05, 0) is 37.0 Å². The minimum Gasteiger partial charge on any atom is -0.478 e. The second-order valence-electron chi connectivity index (χ2n) is 5.57. The van der Waals surface area contributed by atoms with Gasteiger partial charge in [-0.1, -0.05) is 38.1 Å². The van der Waals surface area contributed by atoms with E-state index in [0.717, 1.165) is 11.4 Å². The van der Waals surface area contributed by atoms with Gasteiger partial charge in [0.2, 0.25) is 0 Å². The van der Waals surface area contributed by atoms with Crippen molar-refractivity contribution in [2.75, 3.05) is 0 Å². The molecule has 1 N–H and O–H groups in total. The van der Waals surface area contributed by atoms with Crippen LogP contribution in [0.3, 0.4) is 0 Å². The fraction of sp³-hybridized carbons (Fsp3) is 0.353. The maximum absolute atomic E-state index is 11.1. The summed E-state index contributed by atoms with van der Waals surface area (Å²) in [5.74, 6) is -0.336. The van der Waals surface area contributed by atoms with Crippen molar-refractivity contribution in [3.05, 3.63) is 58.4 Å². The van der Waals surface area contributed by atoms with Gasteiger partial charge < -0.3 is 9.67 Å². The van der Waals surface area contributed by atoms with E-state index in [1.165, 1.54) is 11.1 Å². The van der Waals surface area contributed by atoms with E-state index in [2.05, 4.69) is 38.1 Å². The van der Waals surface area contributed by atoms with Crippen LogP contribution in [-0.4, -0.2) is 15.6 Å². The Hall–Kier alpha value is -2.03. The lowest BCUT2D eigenvalue weighted by atomic mass is 10.0. The monoisotopic (exact) mass is 271 g/mol. The van der Waals surface area contributed by atoms with Gasteiger partial charge in [-0.25, -0.2) is 4.79 Å². The molecule has 0 fully saturated rings. The number of hydrogen-bond donors (Lipinski definition) is 1. The Morgan fingerprint density at radius 2 is 1.80 bits per heavy atom. The van der Waals surface area contributed by atoms with Crippen molar-refractivity contribution >= 4 is 5.97 Å². The Morgan fingerprint density at radius 3 is 2.25 bits per heavy atom. The summed E-state index contributed by atoms with van der Waals surface area (Å²) in [7, 11) is 0. The van der Waals surface area contributed by atoms with E-state index in [1.807, 2.05) is 18.4 Å². The van der Waals surface area contributed by atoms with Crippen molar-refractivity contribution in [2.24, 2.45) is 0 Å². The molecule has 0 saturated heterocycles. The Kier molecular flexibility index (Phi) is 3.98. The van der Waals surface area contributed by atoms with Crippen LogP contribution in [0, 0.1) is 13.8 Å². The van der Waals surface area contributed by atoms with Crippen LogP contribution in [0.15, 0.2) is 30.3 Å². The molecular formula is C17H21NO2. The first-order valence-electron chi connectivity index (χ1n) is 6.89. The third kappa shape index (κ3) is 2.77. The summed E-state index contributed by atoms with van der Waals surface area (Å²) in [5, 5.41) is 9.15. The van der Waals surface area contributed by atoms with Crippen LogP contribution in [0.25, 0.3) is 0 Å². The molecule has 0 aliphatic rings. The molecule has 0 unspecified atom stereocenters. The molecule has 1 aromatic carbocycles. The number of aromatic carboxylic acids is 1. The number of rotatable bonds is 4. The van der Waals surface area contributed by atoms with E-state index < -0.39 is 5.97 Å². The predicted octanol–water partition coefficient (Wildman–Crippen LogP) is 3.97. The topological polar surface area (TPSA) is 42.2 Å². The summed E-state index contributed by atoms with van der Waals surface area (Å²) in [5.41, 5.74) is 4.69. The minimum atomic E-state index is -0.862. The maximum Gasteiger partial charge on any atom is 0.337 e. The summed E-state index contributed by atoms with van der Waals surface area (Å²) in [4.78, 5) is 11.1. The first-order valence-corrected chi connectivity index (χ1v) is 6.89. The molecule has 0 aliphatic carbocycles. The van der Waals surface area contributed by atoms with Crippen molar-refractivity contribution in [1.29, 1.82) is 0 Å². The molecule has 0 amide bonds. The van der Waals surface area contributed by atoms with Gasteiger partial charge >= 0.3 is 5.97 Å². The molecule has 1 aromatic heterocycles. The highest BCUT2D eigenvalue weighted by molar-refractivity contribution is 5.89. The molecule has 1 heterocycles. The van der Waals surface area contributed by atoms with E-state index in [-0.39, 0.29) is 0 Å². The quantitative estimate of drug-likeness (QED) is 0.914. The smallest absolute Gasteiger partial charge is 0.337 e.